The third-order valence-corrected chi connectivity index (χ3v) is 11.3. The fraction of sp³-hybridized carbons (Fsp3) is 0.228. The first-order valence-corrected chi connectivity index (χ1v) is 21.9. The highest BCUT2D eigenvalue weighted by atomic mass is 15.1. The first-order valence-electron chi connectivity index (χ1n) is 21.9. The minimum Gasteiger partial charge on any atom is -0.372 e. The molecule has 306 valence electrons. The van der Waals surface area contributed by atoms with Crippen LogP contribution in [0.5, 0.6) is 0 Å². The van der Waals surface area contributed by atoms with Gasteiger partial charge in [-0.25, -0.2) is 0 Å². The Kier molecular flexibility index (Phi) is 15.6. The van der Waals surface area contributed by atoms with Crippen LogP contribution in [0.2, 0.25) is 0 Å². The van der Waals surface area contributed by atoms with Crippen LogP contribution in [0.15, 0.2) is 188 Å². The maximum absolute atomic E-state index is 2.39. The predicted octanol–water partition coefficient (Wildman–Crippen LogP) is 15.3. The minimum absolute atomic E-state index is 1.01. The Hall–Kier alpha value is -6.32. The van der Waals surface area contributed by atoms with Gasteiger partial charge in [0.15, 0.2) is 0 Å². The molecule has 0 spiro atoms. The van der Waals surface area contributed by atoms with Gasteiger partial charge in [-0.05, 0) is 155 Å². The molecule has 1 aliphatic carbocycles. The lowest BCUT2D eigenvalue weighted by atomic mass is 9.91. The van der Waals surface area contributed by atoms with E-state index in [0.29, 0.717) is 0 Å². The molecule has 6 aromatic carbocycles. The molecule has 0 fully saturated rings. The van der Waals surface area contributed by atoms with E-state index in [2.05, 4.69) is 245 Å². The van der Waals surface area contributed by atoms with E-state index < -0.39 is 0 Å². The molecule has 0 amide bonds. The average molecular weight is 790 g/mol. The molecule has 6 aromatic rings. The molecule has 0 radical (unpaired) electrons. The highest BCUT2D eigenvalue weighted by Crippen LogP contribution is 2.35. The van der Waals surface area contributed by atoms with Crippen LogP contribution in [-0.4, -0.2) is 26.2 Å². The number of allylic oxidation sites excluding steroid dienone is 7. The fourth-order valence-corrected chi connectivity index (χ4v) is 7.73. The topological polar surface area (TPSA) is 9.72 Å². The van der Waals surface area contributed by atoms with Crippen molar-refractivity contribution >= 4 is 39.6 Å². The zero-order valence-electron chi connectivity index (χ0n) is 36.9. The van der Waals surface area contributed by atoms with Crippen molar-refractivity contribution in [2.75, 3.05) is 40.9 Å². The van der Waals surface area contributed by atoms with Gasteiger partial charge in [-0.2, -0.15) is 0 Å². The van der Waals surface area contributed by atoms with Crippen molar-refractivity contribution in [3.05, 3.63) is 221 Å². The summed E-state index contributed by atoms with van der Waals surface area (Å²) in [7, 11) is 0. The second-order valence-corrected chi connectivity index (χ2v) is 15.4. The fourth-order valence-electron chi connectivity index (χ4n) is 7.73. The molecule has 60 heavy (non-hydrogen) atoms. The third kappa shape index (κ3) is 11.2. The van der Waals surface area contributed by atoms with Gasteiger partial charge in [0, 0.05) is 54.6 Å². The molecule has 0 saturated carbocycles. The summed E-state index contributed by atoms with van der Waals surface area (Å²) in [5.74, 6) is 0. The number of hydrogen-bond donors (Lipinski definition) is 0. The Morgan fingerprint density at radius 1 is 0.417 bits per heavy atom. The highest BCUT2D eigenvalue weighted by Gasteiger charge is 2.13. The first-order chi connectivity index (χ1) is 29.3. The summed E-state index contributed by atoms with van der Waals surface area (Å²) in [4.78, 5) is 7.07. The molecule has 0 unspecified atom stereocenters. The lowest BCUT2D eigenvalue weighted by Crippen LogP contribution is -2.21. The summed E-state index contributed by atoms with van der Waals surface area (Å²) in [6.45, 7) is 19.2. The maximum Gasteiger partial charge on any atom is 0.0461 e. The van der Waals surface area contributed by atoms with Crippen LogP contribution in [0.1, 0.15) is 73.9 Å². The first kappa shape index (κ1) is 43.3. The van der Waals surface area contributed by atoms with E-state index in [1.54, 1.807) is 0 Å². The van der Waals surface area contributed by atoms with Crippen LogP contribution in [-0.2, 0) is 0 Å². The number of hydrogen-bond acceptors (Lipinski definition) is 3. The number of aryl methyl sites for hydroxylation is 3. The van der Waals surface area contributed by atoms with Gasteiger partial charge in [0.25, 0.3) is 0 Å². The van der Waals surface area contributed by atoms with Gasteiger partial charge in [-0.15, -0.1) is 0 Å². The summed E-state index contributed by atoms with van der Waals surface area (Å²) >= 11 is 0. The second kappa shape index (κ2) is 21.6. The lowest BCUT2D eigenvalue weighted by Gasteiger charge is -2.25. The van der Waals surface area contributed by atoms with Crippen molar-refractivity contribution in [1.82, 2.24) is 0 Å². The smallest absolute Gasteiger partial charge is 0.0461 e. The second-order valence-electron chi connectivity index (χ2n) is 15.4. The molecule has 1 aliphatic rings. The number of anilines is 5. The Morgan fingerprint density at radius 3 is 1.15 bits per heavy atom. The maximum atomic E-state index is 2.39. The molecular weight excluding hydrogens is 727 g/mol. The van der Waals surface area contributed by atoms with Gasteiger partial charge in [0.1, 0.15) is 0 Å². The third-order valence-electron chi connectivity index (χ3n) is 11.3. The Labute approximate surface area is 361 Å². The van der Waals surface area contributed by atoms with Gasteiger partial charge in [0.05, 0.1) is 0 Å². The van der Waals surface area contributed by atoms with E-state index in [9.17, 15) is 0 Å². The largest absolute Gasteiger partial charge is 0.372 e. The Morgan fingerprint density at radius 2 is 0.783 bits per heavy atom. The molecule has 0 N–H and O–H groups in total. The van der Waals surface area contributed by atoms with Gasteiger partial charge >= 0.3 is 0 Å². The molecular formula is C57H63N3. The van der Waals surface area contributed by atoms with E-state index in [-0.39, 0.29) is 0 Å². The van der Waals surface area contributed by atoms with E-state index in [0.717, 1.165) is 39.0 Å². The molecule has 0 atom stereocenters. The molecule has 0 heterocycles. The number of nitrogens with zero attached hydrogens (tertiary/aromatic N) is 3. The Balaban J connectivity index is 0.000000232. The van der Waals surface area contributed by atoms with Crippen LogP contribution in [0.25, 0.3) is 11.1 Å². The quantitative estimate of drug-likeness (QED) is 0.102. The van der Waals surface area contributed by atoms with Gasteiger partial charge in [0.2, 0.25) is 0 Å². The van der Waals surface area contributed by atoms with Gasteiger partial charge < -0.3 is 14.7 Å². The van der Waals surface area contributed by atoms with Gasteiger partial charge in [-0.3, -0.25) is 0 Å². The average Bonchev–Trinajstić information content (AvgIpc) is 3.29. The zero-order valence-corrected chi connectivity index (χ0v) is 36.9. The molecule has 7 rings (SSSR count). The van der Waals surface area contributed by atoms with Crippen LogP contribution in [0.4, 0.5) is 28.4 Å². The van der Waals surface area contributed by atoms with Crippen molar-refractivity contribution in [3.8, 4) is 0 Å². The number of rotatable bonds is 14. The van der Waals surface area contributed by atoms with Crippen LogP contribution in [0.3, 0.4) is 0 Å². The van der Waals surface area contributed by atoms with E-state index in [1.165, 1.54) is 78.5 Å². The van der Waals surface area contributed by atoms with Crippen LogP contribution >= 0.6 is 0 Å². The lowest BCUT2D eigenvalue weighted by molar-refractivity contribution is 0.866. The van der Waals surface area contributed by atoms with E-state index >= 15 is 0 Å². The van der Waals surface area contributed by atoms with E-state index in [1.807, 2.05) is 0 Å². The molecule has 3 heteroatoms. The monoisotopic (exact) mass is 790 g/mol. The predicted molar refractivity (Wildman–Crippen MR) is 263 cm³/mol. The summed E-state index contributed by atoms with van der Waals surface area (Å²) in [6.07, 6.45) is 13.7. The highest BCUT2D eigenvalue weighted by molar-refractivity contribution is 5.88. The van der Waals surface area contributed by atoms with Crippen molar-refractivity contribution in [1.29, 1.82) is 0 Å². The SMILES string of the molecule is CCN(CC)c1ccc(C(=CC=C(C2=CCCC=C2)c2ccccc2)c2ccc(N(CC)CC)cc2)cc1.Cc1ccc(N(c2ccc(C)cc2)c2ccc(C)cc2)cc1. The molecule has 0 saturated heterocycles. The standard InChI is InChI=1S/C36H42N2.C21H21N/c1-5-37(6-2)33-23-19-31(20-24-33)36(32-21-25-34(26-22-32)38(7-3)8-4)28-27-35(29-15-11-9-12-16-29)30-17-13-10-14-18-30;1-16-4-10-19(11-5-16)22(20-12-6-17(2)7-13-20)21-14-8-18(3)9-15-21/h9,11-13,15-28H,5-8,10,14H2,1-4H3;4-15H,1-3H3. The van der Waals surface area contributed by atoms with Crippen molar-refractivity contribution < 1.29 is 0 Å². The molecule has 0 bridgehead atoms. The zero-order chi connectivity index (χ0) is 42.3. The number of benzene rings is 6. The van der Waals surface area contributed by atoms with E-state index in [4.69, 9.17) is 0 Å². The van der Waals surface area contributed by atoms with Crippen LogP contribution < -0.4 is 14.7 Å². The summed E-state index contributed by atoms with van der Waals surface area (Å²) in [5.41, 5.74) is 17.4. The minimum atomic E-state index is 1.01. The summed E-state index contributed by atoms with van der Waals surface area (Å²) < 4.78 is 0. The van der Waals surface area contributed by atoms with Crippen molar-refractivity contribution in [3.63, 3.8) is 0 Å². The van der Waals surface area contributed by atoms with Crippen molar-refractivity contribution in [2.24, 2.45) is 0 Å². The normalized spacial score (nSPS) is 12.2. The summed E-state index contributed by atoms with van der Waals surface area (Å²) in [5, 5.41) is 0. The van der Waals surface area contributed by atoms with Crippen LogP contribution in [0, 0.1) is 20.8 Å². The summed E-state index contributed by atoms with van der Waals surface area (Å²) in [6, 6.07) is 54.9. The van der Waals surface area contributed by atoms with Gasteiger partial charge in [-0.1, -0.05) is 138 Å². The molecule has 0 aromatic heterocycles. The molecule has 3 nitrogen and oxygen atoms in total. The molecule has 0 aliphatic heterocycles. The Bertz CT molecular complexity index is 2170. The van der Waals surface area contributed by atoms with Crippen molar-refractivity contribution in [2.45, 2.75) is 61.3 Å².